The second-order valence-corrected chi connectivity index (χ2v) is 10.6. The van der Waals surface area contributed by atoms with Crippen molar-refractivity contribution in [2.45, 2.75) is 65.1 Å². The van der Waals surface area contributed by atoms with Gasteiger partial charge in [0.05, 0.1) is 12.6 Å². The largest absolute Gasteiger partial charge is 0.487 e. The second-order valence-electron chi connectivity index (χ2n) is 10.6. The van der Waals surface area contributed by atoms with Crippen LogP contribution in [0.15, 0.2) is 47.0 Å². The third-order valence-corrected chi connectivity index (χ3v) is 7.04. The number of nitrogens with one attached hydrogen (secondary N) is 1. The number of rotatable bonds is 5. The maximum Gasteiger partial charge on any atom is 0.241 e. The van der Waals surface area contributed by atoms with Crippen LogP contribution in [0.5, 0.6) is 5.75 Å². The molecule has 1 aromatic heterocycles. The van der Waals surface area contributed by atoms with Crippen LogP contribution in [-0.4, -0.2) is 39.6 Å². The first kappa shape index (κ1) is 23.5. The fourth-order valence-electron chi connectivity index (χ4n) is 5.06. The van der Waals surface area contributed by atoms with E-state index in [2.05, 4.69) is 66.3 Å². The third-order valence-electron chi connectivity index (χ3n) is 7.04. The number of benzene rings is 2. The van der Waals surface area contributed by atoms with E-state index in [9.17, 15) is 4.79 Å². The first-order valence-electron chi connectivity index (χ1n) is 12.5. The van der Waals surface area contributed by atoms with E-state index in [4.69, 9.17) is 9.26 Å². The predicted octanol–water partition coefficient (Wildman–Crippen LogP) is 4.98. The lowest BCUT2D eigenvalue weighted by atomic mass is 9.88. The highest BCUT2D eigenvalue weighted by atomic mass is 16.5. The molecule has 5 rings (SSSR count). The normalized spacial score (nSPS) is 20.2. The number of nitrogens with zero attached hydrogens (tertiary/aromatic N) is 3. The molecule has 2 aliphatic heterocycles. The molecule has 1 fully saturated rings. The van der Waals surface area contributed by atoms with Crippen molar-refractivity contribution in [2.75, 3.05) is 13.1 Å². The Kier molecular flexibility index (Phi) is 6.36. The molecule has 0 spiro atoms. The van der Waals surface area contributed by atoms with Gasteiger partial charge in [-0.25, -0.2) is 0 Å². The summed E-state index contributed by atoms with van der Waals surface area (Å²) < 4.78 is 11.7. The van der Waals surface area contributed by atoms with Gasteiger partial charge in [-0.2, -0.15) is 4.98 Å². The third kappa shape index (κ3) is 5.40. The molecule has 1 saturated heterocycles. The number of likely N-dealkylation sites (tertiary alicyclic amines) is 1. The molecule has 1 atom stereocenters. The fraction of sp³-hybridized carbons (Fsp3) is 0.464. The Balaban J connectivity index is 1.16. The number of fused-ring (bicyclic) bond motifs is 1. The molecule has 3 heterocycles. The SMILES string of the molecule is Cc1ccc(-c2noc(CN3CCC(C(=O)NC4CC(C)(C)Oc5cc(C)ccc54)CC3)n2)cc1. The van der Waals surface area contributed by atoms with Gasteiger partial charge in [-0.3, -0.25) is 9.69 Å². The van der Waals surface area contributed by atoms with E-state index in [1.165, 1.54) is 5.56 Å². The molecule has 0 saturated carbocycles. The highest BCUT2D eigenvalue weighted by Crippen LogP contribution is 2.40. The summed E-state index contributed by atoms with van der Waals surface area (Å²) in [4.78, 5) is 20.0. The summed E-state index contributed by atoms with van der Waals surface area (Å²) in [7, 11) is 0. The van der Waals surface area contributed by atoms with E-state index in [1.807, 2.05) is 24.3 Å². The highest BCUT2D eigenvalue weighted by Gasteiger charge is 2.36. The van der Waals surface area contributed by atoms with Crippen molar-refractivity contribution in [1.29, 1.82) is 0 Å². The minimum absolute atomic E-state index is 0.0110. The van der Waals surface area contributed by atoms with Crippen LogP contribution in [0.2, 0.25) is 0 Å². The van der Waals surface area contributed by atoms with Crippen molar-refractivity contribution in [2.24, 2.45) is 5.92 Å². The van der Waals surface area contributed by atoms with Crippen molar-refractivity contribution in [3.05, 3.63) is 65.0 Å². The van der Waals surface area contributed by atoms with Gasteiger partial charge in [-0.15, -0.1) is 0 Å². The summed E-state index contributed by atoms with van der Waals surface area (Å²) >= 11 is 0. The van der Waals surface area contributed by atoms with Crippen molar-refractivity contribution in [3.63, 3.8) is 0 Å². The van der Waals surface area contributed by atoms with Crippen LogP contribution >= 0.6 is 0 Å². The monoisotopic (exact) mass is 474 g/mol. The predicted molar refractivity (Wildman–Crippen MR) is 134 cm³/mol. The molecule has 7 heteroatoms. The number of hydrogen-bond acceptors (Lipinski definition) is 6. The van der Waals surface area contributed by atoms with Crippen LogP contribution < -0.4 is 10.1 Å². The molecule has 1 unspecified atom stereocenters. The maximum atomic E-state index is 13.2. The first-order chi connectivity index (χ1) is 16.8. The minimum atomic E-state index is -0.316. The molecule has 184 valence electrons. The Morgan fingerprint density at radius 2 is 1.80 bits per heavy atom. The highest BCUT2D eigenvalue weighted by molar-refractivity contribution is 5.79. The van der Waals surface area contributed by atoms with Crippen molar-refractivity contribution in [3.8, 4) is 17.1 Å². The Hall–Kier alpha value is -3.19. The number of carbonyl (C=O) groups is 1. The van der Waals surface area contributed by atoms with Crippen LogP contribution in [0.4, 0.5) is 0 Å². The van der Waals surface area contributed by atoms with Gasteiger partial charge in [0.15, 0.2) is 0 Å². The zero-order chi connectivity index (χ0) is 24.6. The van der Waals surface area contributed by atoms with Crippen LogP contribution in [-0.2, 0) is 11.3 Å². The molecule has 2 aromatic carbocycles. The van der Waals surface area contributed by atoms with E-state index >= 15 is 0 Å². The lowest BCUT2D eigenvalue weighted by Crippen LogP contribution is -2.45. The van der Waals surface area contributed by atoms with Gasteiger partial charge in [-0.1, -0.05) is 47.1 Å². The summed E-state index contributed by atoms with van der Waals surface area (Å²) in [6.45, 7) is 10.5. The number of amides is 1. The van der Waals surface area contributed by atoms with E-state index in [-0.39, 0.29) is 23.5 Å². The van der Waals surface area contributed by atoms with E-state index < -0.39 is 0 Å². The Morgan fingerprint density at radius 1 is 1.09 bits per heavy atom. The number of ether oxygens (including phenoxy) is 1. The summed E-state index contributed by atoms with van der Waals surface area (Å²) in [6, 6.07) is 14.3. The first-order valence-corrected chi connectivity index (χ1v) is 12.5. The standard InChI is InChI=1S/C28H34N4O3/c1-18-5-8-20(9-6-18)26-30-25(35-31-26)17-32-13-11-21(12-14-32)27(33)29-23-16-28(3,4)34-24-15-19(2)7-10-22(23)24/h5-10,15,21,23H,11-14,16-17H2,1-4H3,(H,29,33). The van der Waals surface area contributed by atoms with Gasteiger partial charge in [0.2, 0.25) is 17.6 Å². The van der Waals surface area contributed by atoms with Crippen LogP contribution in [0, 0.1) is 19.8 Å². The van der Waals surface area contributed by atoms with Gasteiger partial charge in [-0.05, 0) is 65.3 Å². The molecule has 7 nitrogen and oxygen atoms in total. The van der Waals surface area contributed by atoms with E-state index in [0.29, 0.717) is 18.3 Å². The van der Waals surface area contributed by atoms with Crippen molar-refractivity contribution in [1.82, 2.24) is 20.4 Å². The smallest absolute Gasteiger partial charge is 0.241 e. The van der Waals surface area contributed by atoms with Crippen LogP contribution in [0.1, 0.15) is 61.7 Å². The summed E-state index contributed by atoms with van der Waals surface area (Å²) in [6.07, 6.45) is 2.39. The molecule has 0 bridgehead atoms. The topological polar surface area (TPSA) is 80.5 Å². The molecular formula is C28H34N4O3. The Bertz CT molecular complexity index is 1190. The van der Waals surface area contributed by atoms with E-state index in [1.54, 1.807) is 0 Å². The number of aromatic nitrogens is 2. The van der Waals surface area contributed by atoms with Crippen LogP contribution in [0.25, 0.3) is 11.4 Å². The summed E-state index contributed by atoms with van der Waals surface area (Å²) in [5.74, 6) is 2.25. The Morgan fingerprint density at radius 3 is 2.54 bits per heavy atom. The summed E-state index contributed by atoms with van der Waals surface area (Å²) in [5.41, 5.74) is 4.06. The van der Waals surface area contributed by atoms with Gasteiger partial charge in [0, 0.05) is 23.5 Å². The molecular weight excluding hydrogens is 440 g/mol. The van der Waals surface area contributed by atoms with Gasteiger partial charge < -0.3 is 14.6 Å². The number of hydrogen-bond donors (Lipinski definition) is 1. The molecule has 0 radical (unpaired) electrons. The van der Waals surface area contributed by atoms with Crippen LogP contribution in [0.3, 0.4) is 0 Å². The number of aryl methyl sites for hydroxylation is 2. The summed E-state index contributed by atoms with van der Waals surface area (Å²) in [5, 5.41) is 7.47. The van der Waals surface area contributed by atoms with Gasteiger partial charge >= 0.3 is 0 Å². The molecule has 1 N–H and O–H groups in total. The fourth-order valence-corrected chi connectivity index (χ4v) is 5.06. The molecule has 2 aliphatic rings. The van der Waals surface area contributed by atoms with Gasteiger partial charge in [0.25, 0.3) is 0 Å². The minimum Gasteiger partial charge on any atom is -0.487 e. The van der Waals surface area contributed by atoms with Crippen molar-refractivity contribution < 1.29 is 14.1 Å². The zero-order valence-corrected chi connectivity index (χ0v) is 21.0. The molecule has 3 aromatic rings. The molecule has 1 amide bonds. The van der Waals surface area contributed by atoms with Crippen molar-refractivity contribution >= 4 is 5.91 Å². The molecule has 0 aliphatic carbocycles. The zero-order valence-electron chi connectivity index (χ0n) is 21.0. The average molecular weight is 475 g/mol. The lowest BCUT2D eigenvalue weighted by Gasteiger charge is -2.39. The lowest BCUT2D eigenvalue weighted by molar-refractivity contribution is -0.127. The Labute approximate surface area is 206 Å². The second kappa shape index (κ2) is 9.46. The van der Waals surface area contributed by atoms with E-state index in [0.717, 1.165) is 54.8 Å². The molecule has 35 heavy (non-hydrogen) atoms. The van der Waals surface area contributed by atoms with Gasteiger partial charge in [0.1, 0.15) is 11.4 Å². The average Bonchev–Trinajstić information content (AvgIpc) is 3.27. The number of carbonyl (C=O) groups excluding carboxylic acids is 1. The quantitative estimate of drug-likeness (QED) is 0.562. The maximum absolute atomic E-state index is 13.2. The number of piperidine rings is 1.